The van der Waals surface area contributed by atoms with Crippen LogP contribution in [-0.2, 0) is 14.3 Å². The molecule has 0 aliphatic heterocycles. The zero-order chi connectivity index (χ0) is 9.23. The van der Waals surface area contributed by atoms with Crippen LogP contribution >= 0.6 is 0 Å². The zero-order valence-electron chi connectivity index (χ0n) is 7.76. The van der Waals surface area contributed by atoms with Gasteiger partial charge in [0.05, 0.1) is 13.2 Å². The average molecular weight is 175 g/mol. The maximum Gasteiger partial charge on any atom is 0.319 e. The highest BCUT2D eigenvalue weighted by atomic mass is 16.6. The second kappa shape index (κ2) is 8.49. The van der Waals surface area contributed by atoms with Crippen molar-refractivity contribution < 1.29 is 14.3 Å². The lowest BCUT2D eigenvalue weighted by Crippen LogP contribution is -2.22. The van der Waals surface area contributed by atoms with E-state index in [1.807, 2.05) is 6.92 Å². The molecule has 1 N–H and O–H groups in total. The quantitative estimate of drug-likeness (QED) is 0.443. The Kier molecular flexibility index (Phi) is 8.05. The first kappa shape index (κ1) is 11.4. The van der Waals surface area contributed by atoms with E-state index in [1.54, 1.807) is 7.05 Å². The third-order valence-electron chi connectivity index (χ3n) is 1.16. The molecule has 0 aromatic rings. The third kappa shape index (κ3) is 7.50. The number of likely N-dealkylation sites (N-methyl/N-ethyl adjacent to an activating group) is 1. The molecular weight excluding hydrogens is 158 g/mol. The van der Waals surface area contributed by atoms with Gasteiger partial charge in [-0.2, -0.15) is 0 Å². The maximum absolute atomic E-state index is 10.7. The topological polar surface area (TPSA) is 47.6 Å². The largest absolute Gasteiger partial charge is 0.462 e. The van der Waals surface area contributed by atoms with E-state index in [0.717, 1.165) is 13.0 Å². The van der Waals surface area contributed by atoms with Crippen LogP contribution in [0.5, 0.6) is 0 Å². The Morgan fingerprint density at radius 1 is 1.33 bits per heavy atom. The molecule has 0 aromatic heterocycles. The van der Waals surface area contributed by atoms with Gasteiger partial charge in [0.2, 0.25) is 0 Å². The Hall–Kier alpha value is -0.610. The lowest BCUT2D eigenvalue weighted by molar-refractivity contribution is -0.143. The van der Waals surface area contributed by atoms with E-state index in [-0.39, 0.29) is 12.5 Å². The molecule has 0 aliphatic carbocycles. The molecule has 0 radical (unpaired) electrons. The Morgan fingerprint density at radius 3 is 2.67 bits per heavy atom. The Bertz CT molecular complexity index is 117. The van der Waals surface area contributed by atoms with Gasteiger partial charge in [0.15, 0.2) is 0 Å². The van der Waals surface area contributed by atoms with Crippen molar-refractivity contribution in [1.29, 1.82) is 0 Å². The van der Waals surface area contributed by atoms with Crippen molar-refractivity contribution in [1.82, 2.24) is 5.32 Å². The van der Waals surface area contributed by atoms with Crippen LogP contribution in [0.2, 0.25) is 0 Å². The van der Waals surface area contributed by atoms with Gasteiger partial charge < -0.3 is 14.8 Å². The normalized spacial score (nSPS) is 9.83. The SMILES string of the molecule is CCCOCCOC(=O)CNC. The fourth-order valence-corrected chi connectivity index (χ4v) is 0.656. The van der Waals surface area contributed by atoms with Crippen LogP contribution in [0.1, 0.15) is 13.3 Å². The van der Waals surface area contributed by atoms with Crippen molar-refractivity contribution >= 4 is 5.97 Å². The highest BCUT2D eigenvalue weighted by Crippen LogP contribution is 1.82. The molecule has 12 heavy (non-hydrogen) atoms. The Labute approximate surface area is 73.2 Å². The van der Waals surface area contributed by atoms with E-state index in [4.69, 9.17) is 9.47 Å². The summed E-state index contributed by atoms with van der Waals surface area (Å²) >= 11 is 0. The van der Waals surface area contributed by atoms with Crippen molar-refractivity contribution in [2.45, 2.75) is 13.3 Å². The van der Waals surface area contributed by atoms with E-state index in [0.29, 0.717) is 13.2 Å². The summed E-state index contributed by atoms with van der Waals surface area (Å²) in [5.41, 5.74) is 0. The summed E-state index contributed by atoms with van der Waals surface area (Å²) in [5, 5.41) is 2.70. The molecule has 0 bridgehead atoms. The van der Waals surface area contributed by atoms with Crippen molar-refractivity contribution in [2.24, 2.45) is 0 Å². The molecule has 0 aliphatic rings. The summed E-state index contributed by atoms with van der Waals surface area (Å²) in [4.78, 5) is 10.7. The Balaban J connectivity index is 3.03. The van der Waals surface area contributed by atoms with Gasteiger partial charge in [-0.25, -0.2) is 0 Å². The molecule has 4 nitrogen and oxygen atoms in total. The first-order valence-corrected chi connectivity index (χ1v) is 4.19. The Morgan fingerprint density at radius 2 is 2.08 bits per heavy atom. The van der Waals surface area contributed by atoms with Gasteiger partial charge >= 0.3 is 5.97 Å². The molecule has 0 saturated carbocycles. The average Bonchev–Trinajstić information content (AvgIpc) is 2.05. The van der Waals surface area contributed by atoms with Crippen LogP contribution < -0.4 is 5.32 Å². The van der Waals surface area contributed by atoms with Gasteiger partial charge in [-0.15, -0.1) is 0 Å². The standard InChI is InChI=1S/C8H17NO3/c1-3-4-11-5-6-12-8(10)7-9-2/h9H,3-7H2,1-2H3. The number of carbonyl (C=O) groups is 1. The molecule has 72 valence electrons. The van der Waals surface area contributed by atoms with E-state index >= 15 is 0 Å². The van der Waals surface area contributed by atoms with Gasteiger partial charge in [0, 0.05) is 6.61 Å². The molecule has 0 aromatic carbocycles. The highest BCUT2D eigenvalue weighted by molar-refractivity contribution is 5.71. The van der Waals surface area contributed by atoms with Crippen molar-refractivity contribution in [3.63, 3.8) is 0 Å². The summed E-state index contributed by atoms with van der Waals surface area (Å²) < 4.78 is 9.92. The summed E-state index contributed by atoms with van der Waals surface area (Å²) in [5.74, 6) is -0.238. The lowest BCUT2D eigenvalue weighted by Gasteiger charge is -2.04. The number of hydrogen-bond donors (Lipinski definition) is 1. The number of ether oxygens (including phenoxy) is 2. The molecule has 0 spiro atoms. The molecule has 0 atom stereocenters. The van der Waals surface area contributed by atoms with Crippen molar-refractivity contribution in [3.8, 4) is 0 Å². The maximum atomic E-state index is 10.7. The fraction of sp³-hybridized carbons (Fsp3) is 0.875. The van der Waals surface area contributed by atoms with Crippen LogP contribution in [0, 0.1) is 0 Å². The first-order valence-electron chi connectivity index (χ1n) is 4.19. The molecule has 4 heteroatoms. The number of nitrogens with one attached hydrogen (secondary N) is 1. The van der Waals surface area contributed by atoms with Gasteiger partial charge in [0.25, 0.3) is 0 Å². The minimum Gasteiger partial charge on any atom is -0.462 e. The minimum absolute atomic E-state index is 0.238. The molecule has 0 saturated heterocycles. The van der Waals surface area contributed by atoms with Gasteiger partial charge in [-0.3, -0.25) is 4.79 Å². The second-order valence-corrected chi connectivity index (χ2v) is 2.36. The van der Waals surface area contributed by atoms with Crippen LogP contribution in [0.3, 0.4) is 0 Å². The molecule has 0 unspecified atom stereocenters. The fourth-order valence-electron chi connectivity index (χ4n) is 0.656. The van der Waals surface area contributed by atoms with Crippen LogP contribution in [0.4, 0.5) is 0 Å². The van der Waals surface area contributed by atoms with E-state index in [9.17, 15) is 4.79 Å². The monoisotopic (exact) mass is 175 g/mol. The second-order valence-electron chi connectivity index (χ2n) is 2.36. The highest BCUT2D eigenvalue weighted by Gasteiger charge is 1.98. The van der Waals surface area contributed by atoms with Crippen LogP contribution in [0.25, 0.3) is 0 Å². The molecule has 0 rings (SSSR count). The number of hydrogen-bond acceptors (Lipinski definition) is 4. The van der Waals surface area contributed by atoms with Crippen LogP contribution in [0.15, 0.2) is 0 Å². The molecule has 0 amide bonds. The van der Waals surface area contributed by atoms with Crippen molar-refractivity contribution in [3.05, 3.63) is 0 Å². The number of esters is 1. The first-order chi connectivity index (χ1) is 5.81. The van der Waals surface area contributed by atoms with E-state index in [1.165, 1.54) is 0 Å². The van der Waals surface area contributed by atoms with Crippen molar-refractivity contribution in [2.75, 3.05) is 33.4 Å². The number of carbonyl (C=O) groups excluding carboxylic acids is 1. The van der Waals surface area contributed by atoms with E-state index < -0.39 is 0 Å². The van der Waals surface area contributed by atoms with Gasteiger partial charge in [-0.1, -0.05) is 6.92 Å². The summed E-state index contributed by atoms with van der Waals surface area (Å²) in [6, 6.07) is 0. The zero-order valence-corrected chi connectivity index (χ0v) is 7.76. The number of rotatable bonds is 7. The summed E-state index contributed by atoms with van der Waals surface area (Å²) in [6.07, 6.45) is 0.991. The van der Waals surface area contributed by atoms with E-state index in [2.05, 4.69) is 5.32 Å². The van der Waals surface area contributed by atoms with Crippen LogP contribution in [-0.4, -0.2) is 39.4 Å². The summed E-state index contributed by atoms with van der Waals surface area (Å²) in [6.45, 7) is 3.86. The summed E-state index contributed by atoms with van der Waals surface area (Å²) in [7, 11) is 1.70. The smallest absolute Gasteiger partial charge is 0.319 e. The third-order valence-corrected chi connectivity index (χ3v) is 1.16. The predicted octanol–water partition coefficient (Wildman–Crippen LogP) is 0.176. The molecule has 0 heterocycles. The molecule has 0 fully saturated rings. The lowest BCUT2D eigenvalue weighted by atomic mass is 10.5. The molecular formula is C8H17NO3. The predicted molar refractivity (Wildman–Crippen MR) is 46.0 cm³/mol. The van der Waals surface area contributed by atoms with Gasteiger partial charge in [0.1, 0.15) is 6.61 Å². The van der Waals surface area contributed by atoms with Gasteiger partial charge in [-0.05, 0) is 13.5 Å². The minimum atomic E-state index is -0.238.